The molecule has 3 unspecified atom stereocenters. The molecule has 0 bridgehead atoms. The molecule has 0 aromatic rings. The first-order valence-corrected chi connectivity index (χ1v) is 7.91. The van der Waals surface area contributed by atoms with E-state index in [1.54, 1.807) is 0 Å². The molecule has 0 aromatic heterocycles. The van der Waals surface area contributed by atoms with Crippen molar-refractivity contribution in [2.24, 2.45) is 11.3 Å². The molecule has 0 amide bonds. The van der Waals surface area contributed by atoms with E-state index in [-0.39, 0.29) is 0 Å². The van der Waals surface area contributed by atoms with Gasteiger partial charge in [-0.25, -0.2) is 0 Å². The van der Waals surface area contributed by atoms with E-state index >= 15 is 0 Å². The Bertz CT molecular complexity index is 361. The third-order valence-corrected chi connectivity index (χ3v) is 4.80. The Balaban J connectivity index is 0.000000637. The normalized spacial score (nSPS) is 34.3. The van der Waals surface area contributed by atoms with Crippen LogP contribution in [0.15, 0.2) is 11.6 Å². The molecule has 0 aromatic carbocycles. The van der Waals surface area contributed by atoms with Crippen molar-refractivity contribution in [3.8, 4) is 0 Å². The minimum Gasteiger partial charge on any atom is -0.369 e. The first kappa shape index (κ1) is 14.8. The minimum absolute atomic E-state index is 0.386. The SMILES string of the molecule is CC.CC(C)=CCC1OC1C1CC(=O)CCC12CC2. The van der Waals surface area contributed by atoms with E-state index in [0.29, 0.717) is 29.3 Å². The fraction of sp³-hybridized carbons (Fsp3) is 0.824. The molecule has 3 fully saturated rings. The summed E-state index contributed by atoms with van der Waals surface area (Å²) in [5.41, 5.74) is 1.87. The van der Waals surface area contributed by atoms with Crippen LogP contribution in [0.2, 0.25) is 0 Å². The molecule has 1 heterocycles. The lowest BCUT2D eigenvalue weighted by Gasteiger charge is -2.29. The zero-order chi connectivity index (χ0) is 14.0. The van der Waals surface area contributed by atoms with Gasteiger partial charge in [0.1, 0.15) is 5.78 Å². The molecule has 3 aliphatic rings. The van der Waals surface area contributed by atoms with Gasteiger partial charge in [-0.1, -0.05) is 25.5 Å². The first-order chi connectivity index (χ1) is 9.11. The van der Waals surface area contributed by atoms with Gasteiger partial charge in [0.25, 0.3) is 0 Å². The molecule has 1 saturated heterocycles. The maximum absolute atomic E-state index is 11.6. The van der Waals surface area contributed by atoms with Crippen molar-refractivity contribution >= 4 is 5.78 Å². The average molecular weight is 264 g/mol. The average Bonchev–Trinajstić information content (AvgIpc) is 3.30. The molecule has 1 spiro atoms. The topological polar surface area (TPSA) is 29.6 Å². The molecule has 2 nitrogen and oxygen atoms in total. The Morgan fingerprint density at radius 3 is 2.58 bits per heavy atom. The predicted molar refractivity (Wildman–Crippen MR) is 78.1 cm³/mol. The maximum Gasteiger partial charge on any atom is 0.133 e. The van der Waals surface area contributed by atoms with Crippen molar-refractivity contribution in [1.82, 2.24) is 0 Å². The number of ether oxygens (including phenoxy) is 1. The summed E-state index contributed by atoms with van der Waals surface area (Å²) in [6.45, 7) is 8.26. The van der Waals surface area contributed by atoms with Crippen LogP contribution in [0, 0.1) is 11.3 Å². The van der Waals surface area contributed by atoms with E-state index in [4.69, 9.17) is 4.74 Å². The van der Waals surface area contributed by atoms with Crippen LogP contribution in [0.5, 0.6) is 0 Å². The number of carbonyl (C=O) groups excluding carboxylic acids is 1. The number of epoxide rings is 1. The van der Waals surface area contributed by atoms with Gasteiger partial charge in [-0.15, -0.1) is 0 Å². The number of Topliss-reactive ketones (excluding diaryl/α,β-unsaturated/α-hetero) is 1. The molecule has 3 atom stereocenters. The Kier molecular flexibility index (Phi) is 4.50. The highest BCUT2D eigenvalue weighted by atomic mass is 16.6. The van der Waals surface area contributed by atoms with Gasteiger partial charge in [-0.2, -0.15) is 0 Å². The fourth-order valence-corrected chi connectivity index (χ4v) is 3.44. The summed E-state index contributed by atoms with van der Waals surface area (Å²) in [6.07, 6.45) is 9.49. The van der Waals surface area contributed by atoms with Crippen molar-refractivity contribution in [2.45, 2.75) is 78.4 Å². The van der Waals surface area contributed by atoms with Crippen molar-refractivity contribution in [1.29, 1.82) is 0 Å². The van der Waals surface area contributed by atoms with E-state index in [0.717, 1.165) is 25.7 Å². The molecule has 2 heteroatoms. The molecule has 19 heavy (non-hydrogen) atoms. The Morgan fingerprint density at radius 1 is 1.32 bits per heavy atom. The van der Waals surface area contributed by atoms with Gasteiger partial charge in [0.15, 0.2) is 0 Å². The largest absolute Gasteiger partial charge is 0.369 e. The van der Waals surface area contributed by atoms with Crippen molar-refractivity contribution in [3.63, 3.8) is 0 Å². The molecule has 3 rings (SSSR count). The molecule has 108 valence electrons. The number of hydrogen-bond donors (Lipinski definition) is 0. The highest BCUT2D eigenvalue weighted by molar-refractivity contribution is 5.80. The highest BCUT2D eigenvalue weighted by Gasteiger charge is 2.60. The van der Waals surface area contributed by atoms with Crippen LogP contribution in [-0.2, 0) is 9.53 Å². The van der Waals surface area contributed by atoms with Crippen LogP contribution in [0.3, 0.4) is 0 Å². The van der Waals surface area contributed by atoms with Crippen molar-refractivity contribution < 1.29 is 9.53 Å². The summed E-state index contributed by atoms with van der Waals surface area (Å²) in [4.78, 5) is 11.6. The molecule has 2 saturated carbocycles. The molecule has 0 N–H and O–H groups in total. The van der Waals surface area contributed by atoms with Crippen LogP contribution >= 0.6 is 0 Å². The third-order valence-electron chi connectivity index (χ3n) is 4.80. The number of ketones is 1. The number of hydrogen-bond acceptors (Lipinski definition) is 2. The van der Waals surface area contributed by atoms with Crippen LogP contribution < -0.4 is 0 Å². The molecular weight excluding hydrogens is 236 g/mol. The summed E-state index contributed by atoms with van der Waals surface area (Å²) in [5.74, 6) is 1.00. The number of allylic oxidation sites excluding steroid dienone is 1. The van der Waals surface area contributed by atoms with E-state index in [2.05, 4.69) is 19.9 Å². The van der Waals surface area contributed by atoms with E-state index < -0.39 is 0 Å². The van der Waals surface area contributed by atoms with Gasteiger partial charge in [0.2, 0.25) is 0 Å². The summed E-state index contributed by atoms with van der Waals surface area (Å²) in [7, 11) is 0. The summed E-state index contributed by atoms with van der Waals surface area (Å²) >= 11 is 0. The second-order valence-electron chi connectivity index (χ2n) is 6.37. The molecule has 2 aliphatic carbocycles. The molecule has 0 radical (unpaired) electrons. The lowest BCUT2D eigenvalue weighted by atomic mass is 9.73. The Labute approximate surface area is 117 Å². The third kappa shape index (κ3) is 3.28. The molecular formula is C17H28O2. The first-order valence-electron chi connectivity index (χ1n) is 7.91. The quantitative estimate of drug-likeness (QED) is 0.562. The van der Waals surface area contributed by atoms with Crippen molar-refractivity contribution in [3.05, 3.63) is 11.6 Å². The second-order valence-corrected chi connectivity index (χ2v) is 6.37. The molecule has 1 aliphatic heterocycles. The van der Waals surface area contributed by atoms with Crippen LogP contribution in [0.4, 0.5) is 0 Å². The summed E-state index contributed by atoms with van der Waals surface area (Å²) in [5, 5.41) is 0. The zero-order valence-corrected chi connectivity index (χ0v) is 12.9. The van der Waals surface area contributed by atoms with Gasteiger partial charge in [-0.05, 0) is 44.9 Å². The minimum atomic E-state index is 0.386. The van der Waals surface area contributed by atoms with Gasteiger partial charge in [-0.3, -0.25) is 4.79 Å². The van der Waals surface area contributed by atoms with E-state index in [9.17, 15) is 4.79 Å². The summed E-state index contributed by atoms with van der Waals surface area (Å²) in [6, 6.07) is 0. The van der Waals surface area contributed by atoms with E-state index in [1.165, 1.54) is 18.4 Å². The predicted octanol–water partition coefficient (Wildman–Crippen LogP) is 4.29. The smallest absolute Gasteiger partial charge is 0.133 e. The monoisotopic (exact) mass is 264 g/mol. The van der Waals surface area contributed by atoms with E-state index in [1.807, 2.05) is 13.8 Å². The Morgan fingerprint density at radius 2 is 2.00 bits per heavy atom. The zero-order valence-electron chi connectivity index (χ0n) is 12.9. The number of carbonyl (C=O) groups is 1. The van der Waals surface area contributed by atoms with Crippen molar-refractivity contribution in [2.75, 3.05) is 0 Å². The lowest BCUT2D eigenvalue weighted by Crippen LogP contribution is -2.31. The summed E-state index contributed by atoms with van der Waals surface area (Å²) < 4.78 is 5.83. The number of rotatable bonds is 3. The van der Waals surface area contributed by atoms with Gasteiger partial charge in [0.05, 0.1) is 12.2 Å². The van der Waals surface area contributed by atoms with Crippen LogP contribution in [0.25, 0.3) is 0 Å². The lowest BCUT2D eigenvalue weighted by molar-refractivity contribution is -0.123. The van der Waals surface area contributed by atoms with Gasteiger partial charge in [0, 0.05) is 18.8 Å². The van der Waals surface area contributed by atoms with Crippen LogP contribution in [-0.4, -0.2) is 18.0 Å². The van der Waals surface area contributed by atoms with Gasteiger partial charge >= 0.3 is 0 Å². The maximum atomic E-state index is 11.6. The standard InChI is InChI=1S/C15H22O2.C2H6/c1-10(2)3-4-13-14(17-13)12-9-11(16)5-6-15(12)7-8-15;1-2/h3,12-14H,4-9H2,1-2H3;1-2H3. The Hall–Kier alpha value is -0.630. The van der Waals surface area contributed by atoms with Gasteiger partial charge < -0.3 is 4.74 Å². The fourth-order valence-electron chi connectivity index (χ4n) is 3.44. The highest BCUT2D eigenvalue weighted by Crippen LogP contribution is 2.62. The van der Waals surface area contributed by atoms with Crippen LogP contribution in [0.1, 0.15) is 66.2 Å². The second kappa shape index (κ2) is 5.78.